The van der Waals surface area contributed by atoms with Gasteiger partial charge in [-0.2, -0.15) is 0 Å². The molecule has 0 fully saturated rings. The molecule has 5 rings (SSSR count). The highest BCUT2D eigenvalue weighted by molar-refractivity contribution is 7.21. The summed E-state index contributed by atoms with van der Waals surface area (Å²) in [6.07, 6.45) is 0. The first-order chi connectivity index (χ1) is 15.5. The third-order valence-corrected chi connectivity index (χ3v) is 6.26. The Labute approximate surface area is 186 Å². The Morgan fingerprint density at radius 1 is 0.875 bits per heavy atom. The van der Waals surface area contributed by atoms with E-state index >= 15 is 0 Å². The summed E-state index contributed by atoms with van der Waals surface area (Å²) in [6, 6.07) is 22.8. The highest BCUT2D eigenvalue weighted by Gasteiger charge is 2.21. The molecule has 3 aromatic carbocycles. The Hall–Kier alpha value is -4.23. The number of nitrogens with zero attached hydrogens (tertiary/aromatic N) is 1. The molecule has 0 bridgehead atoms. The molecule has 32 heavy (non-hydrogen) atoms. The normalized spacial score (nSPS) is 11.0. The van der Waals surface area contributed by atoms with Crippen molar-refractivity contribution in [3.8, 4) is 28.1 Å². The molecule has 0 saturated heterocycles. The van der Waals surface area contributed by atoms with Crippen LogP contribution in [0.1, 0.15) is 25.8 Å². The fourth-order valence-corrected chi connectivity index (χ4v) is 4.79. The Morgan fingerprint density at radius 3 is 2.28 bits per heavy atom. The van der Waals surface area contributed by atoms with Gasteiger partial charge in [0.15, 0.2) is 0 Å². The molecular formula is C25H15NO5S. The quantitative estimate of drug-likeness (QED) is 0.331. The van der Waals surface area contributed by atoms with Crippen molar-refractivity contribution in [1.29, 1.82) is 0 Å². The van der Waals surface area contributed by atoms with Gasteiger partial charge in [-0.1, -0.05) is 59.8 Å². The molecule has 0 unspecified atom stereocenters. The summed E-state index contributed by atoms with van der Waals surface area (Å²) in [5.41, 5.74) is 3.31. The SMILES string of the molecule is O=C(O)c1cc(-c2ccc(-c3c(C(=O)c4ccccc4)sc4cc(O)ccc34)cc2)no1. The van der Waals surface area contributed by atoms with E-state index in [4.69, 9.17) is 9.63 Å². The smallest absolute Gasteiger partial charge is 0.374 e. The van der Waals surface area contributed by atoms with Gasteiger partial charge in [-0.05, 0) is 23.8 Å². The average molecular weight is 441 g/mol. The first-order valence-electron chi connectivity index (χ1n) is 9.67. The van der Waals surface area contributed by atoms with Crippen molar-refractivity contribution in [3.63, 3.8) is 0 Å². The third kappa shape index (κ3) is 3.44. The van der Waals surface area contributed by atoms with E-state index in [0.29, 0.717) is 21.7 Å². The predicted octanol–water partition coefficient (Wildman–Crippen LogP) is 5.86. The van der Waals surface area contributed by atoms with Crippen molar-refractivity contribution in [1.82, 2.24) is 5.16 Å². The van der Waals surface area contributed by atoms with Crippen molar-refractivity contribution < 1.29 is 24.3 Å². The minimum atomic E-state index is -1.18. The maximum absolute atomic E-state index is 13.3. The van der Waals surface area contributed by atoms with Gasteiger partial charge in [0, 0.05) is 32.8 Å². The lowest BCUT2D eigenvalue weighted by Crippen LogP contribution is -2.00. The fraction of sp³-hybridized carbons (Fsp3) is 0. The van der Waals surface area contributed by atoms with E-state index in [-0.39, 0.29) is 17.3 Å². The number of rotatable bonds is 5. The van der Waals surface area contributed by atoms with Gasteiger partial charge in [-0.3, -0.25) is 4.79 Å². The van der Waals surface area contributed by atoms with Crippen LogP contribution in [-0.2, 0) is 0 Å². The molecule has 0 radical (unpaired) electrons. The molecule has 2 aromatic heterocycles. The molecule has 0 atom stereocenters. The van der Waals surface area contributed by atoms with Crippen LogP contribution in [0.2, 0.25) is 0 Å². The summed E-state index contributed by atoms with van der Waals surface area (Å²) in [6.45, 7) is 0. The van der Waals surface area contributed by atoms with E-state index in [9.17, 15) is 14.7 Å². The van der Waals surface area contributed by atoms with E-state index in [1.807, 2.05) is 36.4 Å². The minimum Gasteiger partial charge on any atom is -0.508 e. The Morgan fingerprint density at radius 2 is 1.59 bits per heavy atom. The lowest BCUT2D eigenvalue weighted by atomic mass is 9.97. The number of carbonyl (C=O) groups is 2. The van der Waals surface area contributed by atoms with Crippen molar-refractivity contribution in [2.45, 2.75) is 0 Å². The molecule has 7 heteroatoms. The molecular weight excluding hydrogens is 426 g/mol. The molecule has 0 spiro atoms. The van der Waals surface area contributed by atoms with E-state index in [0.717, 1.165) is 21.2 Å². The van der Waals surface area contributed by atoms with Crippen LogP contribution in [-0.4, -0.2) is 27.1 Å². The summed E-state index contributed by atoms with van der Waals surface area (Å²) in [7, 11) is 0. The summed E-state index contributed by atoms with van der Waals surface area (Å²) in [4.78, 5) is 24.9. The molecule has 6 nitrogen and oxygen atoms in total. The Balaban J connectivity index is 1.62. The van der Waals surface area contributed by atoms with Crippen LogP contribution < -0.4 is 0 Å². The highest BCUT2D eigenvalue weighted by Crippen LogP contribution is 2.41. The molecule has 0 saturated carbocycles. The molecule has 5 aromatic rings. The van der Waals surface area contributed by atoms with Crippen molar-refractivity contribution in [2.75, 3.05) is 0 Å². The van der Waals surface area contributed by atoms with Gasteiger partial charge >= 0.3 is 5.97 Å². The number of carboxylic acid groups (broad SMARTS) is 1. The number of phenols is 1. The minimum absolute atomic E-state index is 0.0898. The van der Waals surface area contributed by atoms with Crippen LogP contribution in [0.5, 0.6) is 5.75 Å². The summed E-state index contributed by atoms with van der Waals surface area (Å²) in [5, 5.41) is 23.6. The molecule has 0 aliphatic rings. The number of fused-ring (bicyclic) bond motifs is 1. The van der Waals surface area contributed by atoms with Crippen LogP contribution in [0.4, 0.5) is 0 Å². The van der Waals surface area contributed by atoms with Crippen molar-refractivity contribution >= 4 is 33.2 Å². The van der Waals surface area contributed by atoms with Gasteiger partial charge in [0.1, 0.15) is 11.4 Å². The number of carboxylic acids is 1. The number of benzene rings is 3. The molecule has 0 amide bonds. The highest BCUT2D eigenvalue weighted by atomic mass is 32.1. The van der Waals surface area contributed by atoms with Gasteiger partial charge < -0.3 is 14.7 Å². The Bertz CT molecular complexity index is 1470. The predicted molar refractivity (Wildman–Crippen MR) is 121 cm³/mol. The van der Waals surface area contributed by atoms with Crippen molar-refractivity contribution in [3.05, 3.63) is 95.1 Å². The number of aromatic hydroxyl groups is 1. The number of carbonyl (C=O) groups excluding carboxylic acids is 1. The standard InChI is InChI=1S/C25H15NO5S/c27-17-10-11-18-21(12-17)32-24(23(28)16-4-2-1-3-5-16)22(18)15-8-6-14(7-9-15)19-13-20(25(29)30)31-26-19/h1-13,27H,(H,29,30). The van der Waals surface area contributed by atoms with Crippen molar-refractivity contribution in [2.24, 2.45) is 0 Å². The van der Waals surface area contributed by atoms with Crippen LogP contribution in [0.3, 0.4) is 0 Å². The number of hydrogen-bond acceptors (Lipinski definition) is 6. The molecule has 2 N–H and O–H groups in total. The van der Waals surface area contributed by atoms with E-state index in [1.165, 1.54) is 17.4 Å². The Kier molecular flexibility index (Phi) is 4.80. The molecule has 156 valence electrons. The van der Waals surface area contributed by atoms with E-state index in [1.54, 1.807) is 36.4 Å². The summed E-state index contributed by atoms with van der Waals surface area (Å²) in [5.74, 6) is -1.37. The zero-order valence-corrected chi connectivity index (χ0v) is 17.3. The molecule has 0 aliphatic carbocycles. The van der Waals surface area contributed by atoms with Crippen LogP contribution >= 0.6 is 11.3 Å². The second kappa shape index (κ2) is 7.79. The zero-order valence-electron chi connectivity index (χ0n) is 16.5. The molecule has 2 heterocycles. The van der Waals surface area contributed by atoms with E-state index < -0.39 is 5.97 Å². The number of hydrogen-bond donors (Lipinski definition) is 2. The van der Waals surface area contributed by atoms with Crippen LogP contribution in [0, 0.1) is 0 Å². The second-order valence-corrected chi connectivity index (χ2v) is 8.19. The van der Waals surface area contributed by atoms with Crippen LogP contribution in [0.15, 0.2) is 83.4 Å². The zero-order chi connectivity index (χ0) is 22.2. The lowest BCUT2D eigenvalue weighted by Gasteiger charge is -2.06. The average Bonchev–Trinajstić information content (AvgIpc) is 3.44. The topological polar surface area (TPSA) is 101 Å². The maximum atomic E-state index is 13.3. The van der Waals surface area contributed by atoms with Gasteiger partial charge in [0.25, 0.3) is 0 Å². The number of aromatic carboxylic acids is 1. The number of thiophene rings is 1. The van der Waals surface area contributed by atoms with E-state index in [2.05, 4.69) is 5.16 Å². The van der Waals surface area contributed by atoms with Gasteiger partial charge in [-0.25, -0.2) is 4.79 Å². The van der Waals surface area contributed by atoms with Crippen LogP contribution in [0.25, 0.3) is 32.5 Å². The third-order valence-electron chi connectivity index (χ3n) is 5.11. The largest absolute Gasteiger partial charge is 0.508 e. The first-order valence-corrected chi connectivity index (χ1v) is 10.5. The first kappa shape index (κ1) is 19.7. The second-order valence-electron chi connectivity index (χ2n) is 7.14. The monoisotopic (exact) mass is 441 g/mol. The van der Waals surface area contributed by atoms with Gasteiger partial charge in [-0.15, -0.1) is 11.3 Å². The fourth-order valence-electron chi connectivity index (χ4n) is 3.57. The van der Waals surface area contributed by atoms with Gasteiger partial charge in [0.2, 0.25) is 11.5 Å². The summed E-state index contributed by atoms with van der Waals surface area (Å²) >= 11 is 1.34. The number of phenolic OH excluding ortho intramolecular Hbond substituents is 1. The maximum Gasteiger partial charge on any atom is 0.374 e. The number of ketones is 1. The molecule has 0 aliphatic heterocycles. The van der Waals surface area contributed by atoms with Gasteiger partial charge in [0.05, 0.1) is 4.88 Å². The number of aromatic nitrogens is 1. The summed E-state index contributed by atoms with van der Waals surface area (Å²) < 4.78 is 5.65. The lowest BCUT2D eigenvalue weighted by molar-refractivity contribution is 0.0652.